The third-order valence-corrected chi connectivity index (χ3v) is 10.7. The highest BCUT2D eigenvalue weighted by molar-refractivity contribution is 5.97. The van der Waals surface area contributed by atoms with Crippen molar-refractivity contribution in [2.24, 2.45) is 27.8 Å². The topological polar surface area (TPSA) is 62.1 Å². The molecule has 2 saturated carbocycles. The van der Waals surface area contributed by atoms with E-state index >= 15 is 0 Å². The highest BCUT2D eigenvalue weighted by Crippen LogP contribution is 2.69. The summed E-state index contributed by atoms with van der Waals surface area (Å²) in [6.07, 6.45) is 8.86. The Labute approximate surface area is 227 Å². The van der Waals surface area contributed by atoms with E-state index in [2.05, 4.69) is 59.2 Å². The minimum Gasteiger partial charge on any atom is -0.411 e. The number of rotatable bonds is 3. The summed E-state index contributed by atoms with van der Waals surface area (Å²) in [4.78, 5) is 15.8. The molecular weight excluding hydrogens is 472 g/mol. The molecule has 6 rings (SSSR count). The van der Waals surface area contributed by atoms with Crippen LogP contribution in [0.5, 0.6) is 0 Å². The van der Waals surface area contributed by atoms with E-state index in [0.717, 1.165) is 77.0 Å². The molecule has 1 N–H and O–H groups in total. The molecular formula is C33H40N2O3. The van der Waals surface area contributed by atoms with Crippen LogP contribution in [0.15, 0.2) is 52.2 Å². The molecule has 1 aromatic carbocycles. The lowest BCUT2D eigenvalue weighted by Gasteiger charge is -2.54. The zero-order valence-corrected chi connectivity index (χ0v) is 23.1. The van der Waals surface area contributed by atoms with E-state index in [0.29, 0.717) is 11.8 Å². The maximum absolute atomic E-state index is 13.4. The molecule has 1 aromatic rings. The van der Waals surface area contributed by atoms with E-state index in [1.54, 1.807) is 12.5 Å². The standard InChI is InChI=1S/C33H40N2O3/c1-4-14-33(22(2)36)15-13-30-28-11-7-24-20-25(34-37)8-12-27(24)31(28)29(21-32(30,33)3)23-5-9-26(10-6-23)35-16-18-38-19-17-35/h5-6,9-10,20,28-30,37H,7-8,11-13,15-19,21H2,1-3H3/b34-25+/t28-,29+,30-,32-,33+/m0/s1. The van der Waals surface area contributed by atoms with Gasteiger partial charge in [-0.15, -0.1) is 5.92 Å². The molecule has 0 unspecified atom stereocenters. The van der Waals surface area contributed by atoms with Crippen LogP contribution >= 0.6 is 0 Å². The average Bonchev–Trinajstić information content (AvgIpc) is 3.25. The molecule has 0 aromatic heterocycles. The summed E-state index contributed by atoms with van der Waals surface area (Å²) in [5.74, 6) is 8.11. The van der Waals surface area contributed by atoms with Gasteiger partial charge in [-0.1, -0.05) is 35.7 Å². The van der Waals surface area contributed by atoms with Gasteiger partial charge in [0.15, 0.2) is 0 Å². The Morgan fingerprint density at radius 1 is 1.13 bits per heavy atom. The number of hydrogen-bond acceptors (Lipinski definition) is 5. The van der Waals surface area contributed by atoms with Crippen molar-refractivity contribution in [2.75, 3.05) is 31.2 Å². The first-order valence-electron chi connectivity index (χ1n) is 14.4. The van der Waals surface area contributed by atoms with Gasteiger partial charge < -0.3 is 14.8 Å². The number of Topliss-reactive ketones (excluding diaryl/α,β-unsaturated/α-hetero) is 1. The molecule has 5 aliphatic rings. The van der Waals surface area contributed by atoms with E-state index in [4.69, 9.17) is 4.74 Å². The molecule has 0 spiro atoms. The quantitative estimate of drug-likeness (QED) is 0.294. The zero-order valence-electron chi connectivity index (χ0n) is 23.1. The van der Waals surface area contributed by atoms with Crippen molar-refractivity contribution >= 4 is 17.2 Å². The number of morpholine rings is 1. The van der Waals surface area contributed by atoms with Gasteiger partial charge in [-0.3, -0.25) is 4.79 Å². The van der Waals surface area contributed by atoms with E-state index in [1.165, 1.54) is 22.4 Å². The summed E-state index contributed by atoms with van der Waals surface area (Å²) in [5.41, 5.74) is 7.15. The maximum Gasteiger partial charge on any atom is 0.148 e. The monoisotopic (exact) mass is 512 g/mol. The fourth-order valence-electron chi connectivity index (χ4n) is 8.90. The van der Waals surface area contributed by atoms with Crippen LogP contribution in [0, 0.1) is 34.5 Å². The minimum atomic E-state index is -0.562. The van der Waals surface area contributed by atoms with Crippen molar-refractivity contribution in [1.82, 2.24) is 0 Å². The fourth-order valence-corrected chi connectivity index (χ4v) is 8.90. The number of oxime groups is 1. The number of anilines is 1. The first-order valence-corrected chi connectivity index (χ1v) is 14.4. The third kappa shape index (κ3) is 3.79. The summed E-state index contributed by atoms with van der Waals surface area (Å²) in [7, 11) is 0. The predicted octanol–water partition coefficient (Wildman–Crippen LogP) is 6.28. The SMILES string of the molecule is CC#C[C@]1(C(C)=O)CC[C@H]2[C@@H]3CCC4=C/C(=N/O)CCC4=C3[C@@H](c3ccc(N4CCOCC4)cc3)C[C@@]21C. The summed E-state index contributed by atoms with van der Waals surface area (Å²) < 4.78 is 5.56. The molecule has 1 saturated heterocycles. The first kappa shape index (κ1) is 25.4. The van der Waals surface area contributed by atoms with Gasteiger partial charge in [0.05, 0.1) is 24.3 Å². The Bertz CT molecular complexity index is 1270. The van der Waals surface area contributed by atoms with Gasteiger partial charge in [0.25, 0.3) is 0 Å². The highest BCUT2D eigenvalue weighted by Gasteiger charge is 2.64. The minimum absolute atomic E-state index is 0.155. The molecule has 0 amide bonds. The van der Waals surface area contributed by atoms with E-state index in [1.807, 2.05) is 6.92 Å². The van der Waals surface area contributed by atoms with Gasteiger partial charge in [0.2, 0.25) is 0 Å². The van der Waals surface area contributed by atoms with Crippen molar-refractivity contribution in [3.05, 3.63) is 52.6 Å². The van der Waals surface area contributed by atoms with Crippen LogP contribution in [0.1, 0.15) is 77.2 Å². The van der Waals surface area contributed by atoms with Crippen LogP contribution in [0.4, 0.5) is 5.69 Å². The second kappa shape index (κ2) is 9.72. The van der Waals surface area contributed by atoms with Gasteiger partial charge in [0.1, 0.15) is 5.78 Å². The summed E-state index contributed by atoms with van der Waals surface area (Å²) >= 11 is 0. The molecule has 5 nitrogen and oxygen atoms in total. The largest absolute Gasteiger partial charge is 0.411 e. The van der Waals surface area contributed by atoms with Crippen LogP contribution in [0.25, 0.3) is 0 Å². The van der Waals surface area contributed by atoms with Gasteiger partial charge in [-0.2, -0.15) is 0 Å². The van der Waals surface area contributed by atoms with Gasteiger partial charge in [-0.25, -0.2) is 0 Å². The molecule has 0 radical (unpaired) electrons. The molecule has 1 aliphatic heterocycles. The predicted molar refractivity (Wildman–Crippen MR) is 151 cm³/mol. The van der Waals surface area contributed by atoms with Crippen LogP contribution in [-0.2, 0) is 9.53 Å². The Balaban J connectivity index is 1.47. The lowest BCUT2D eigenvalue weighted by molar-refractivity contribution is -0.130. The Morgan fingerprint density at radius 2 is 1.89 bits per heavy atom. The van der Waals surface area contributed by atoms with Crippen LogP contribution in [-0.4, -0.2) is 43.0 Å². The Kier molecular flexibility index (Phi) is 6.51. The maximum atomic E-state index is 13.4. The normalized spacial score (nSPS) is 35.6. The molecule has 5 heteroatoms. The summed E-state index contributed by atoms with van der Waals surface area (Å²) in [6.45, 7) is 9.47. The van der Waals surface area contributed by atoms with E-state index in [9.17, 15) is 10.0 Å². The number of hydrogen-bond donors (Lipinski definition) is 1. The summed E-state index contributed by atoms with van der Waals surface area (Å²) in [5, 5.41) is 13.0. The lowest BCUT2D eigenvalue weighted by Crippen LogP contribution is -2.50. The second-order valence-electron chi connectivity index (χ2n) is 12.2. The fraction of sp³-hybridized carbons (Fsp3) is 0.576. The van der Waals surface area contributed by atoms with Crippen molar-refractivity contribution in [3.63, 3.8) is 0 Å². The van der Waals surface area contributed by atoms with E-state index in [-0.39, 0.29) is 17.1 Å². The smallest absolute Gasteiger partial charge is 0.148 e. The number of carbonyl (C=O) groups is 1. The molecule has 5 atom stereocenters. The second-order valence-corrected chi connectivity index (χ2v) is 12.2. The summed E-state index contributed by atoms with van der Waals surface area (Å²) in [6, 6.07) is 9.23. The van der Waals surface area contributed by atoms with E-state index < -0.39 is 5.41 Å². The number of ether oxygens (including phenoxy) is 1. The average molecular weight is 513 g/mol. The first-order chi connectivity index (χ1) is 18.4. The zero-order chi connectivity index (χ0) is 26.5. The number of ketones is 1. The molecule has 4 aliphatic carbocycles. The van der Waals surface area contributed by atoms with Crippen molar-refractivity contribution in [2.45, 2.75) is 71.6 Å². The van der Waals surface area contributed by atoms with Crippen molar-refractivity contribution in [1.29, 1.82) is 0 Å². The Hall–Kier alpha value is -2.84. The van der Waals surface area contributed by atoms with Crippen LogP contribution in [0.3, 0.4) is 0 Å². The third-order valence-electron chi connectivity index (χ3n) is 10.7. The van der Waals surface area contributed by atoms with Gasteiger partial charge in [-0.05, 0) is 111 Å². The number of benzene rings is 1. The number of allylic oxidation sites excluding steroid dienone is 4. The molecule has 200 valence electrons. The number of nitrogens with zero attached hydrogens (tertiary/aromatic N) is 2. The number of fused-ring (bicyclic) bond motifs is 4. The van der Waals surface area contributed by atoms with Crippen molar-refractivity contribution < 1.29 is 14.7 Å². The molecule has 38 heavy (non-hydrogen) atoms. The van der Waals surface area contributed by atoms with Gasteiger partial charge in [0, 0.05) is 24.7 Å². The van der Waals surface area contributed by atoms with Gasteiger partial charge >= 0.3 is 0 Å². The number of carbonyl (C=O) groups excluding carboxylic acids is 1. The molecule has 0 bridgehead atoms. The Morgan fingerprint density at radius 3 is 2.58 bits per heavy atom. The lowest BCUT2D eigenvalue weighted by atomic mass is 9.48. The van der Waals surface area contributed by atoms with Crippen molar-refractivity contribution in [3.8, 4) is 11.8 Å². The van der Waals surface area contributed by atoms with Crippen LogP contribution in [0.2, 0.25) is 0 Å². The molecule has 3 fully saturated rings. The highest BCUT2D eigenvalue weighted by atomic mass is 16.5. The van der Waals surface area contributed by atoms with Crippen LogP contribution < -0.4 is 4.90 Å². The molecule has 1 heterocycles.